The molecule has 0 aliphatic heterocycles. The van der Waals surface area contributed by atoms with E-state index in [1.807, 2.05) is 0 Å². The van der Waals surface area contributed by atoms with Crippen LogP contribution >= 0.6 is 39.1 Å². The molecule has 1 aromatic heterocycles. The maximum Gasteiger partial charge on any atom is 0.417 e. The molecular formula is C13H8BrCl2F3N2. The fourth-order valence-electron chi connectivity index (χ4n) is 1.79. The van der Waals surface area contributed by atoms with Crippen molar-refractivity contribution in [3.63, 3.8) is 0 Å². The van der Waals surface area contributed by atoms with E-state index in [0.29, 0.717) is 16.5 Å². The summed E-state index contributed by atoms with van der Waals surface area (Å²) in [5.74, 6) is -0.151. The summed E-state index contributed by atoms with van der Waals surface area (Å²) in [6.45, 7) is 1.80. The fraction of sp³-hybridized carbons (Fsp3) is 0.231. The molecule has 0 unspecified atom stereocenters. The first kappa shape index (κ1) is 16.5. The van der Waals surface area contributed by atoms with E-state index in [9.17, 15) is 13.2 Å². The molecule has 1 heterocycles. The molecule has 2 aromatic rings. The highest BCUT2D eigenvalue weighted by atomic mass is 79.9. The molecule has 0 atom stereocenters. The van der Waals surface area contributed by atoms with Crippen LogP contribution in [0, 0.1) is 0 Å². The minimum atomic E-state index is -4.54. The topological polar surface area (TPSA) is 25.8 Å². The van der Waals surface area contributed by atoms with Crippen molar-refractivity contribution < 1.29 is 13.2 Å². The highest BCUT2D eigenvalue weighted by Gasteiger charge is 2.34. The molecule has 2 nitrogen and oxygen atoms in total. The molecule has 0 aliphatic rings. The van der Waals surface area contributed by atoms with Crippen molar-refractivity contribution in [2.45, 2.75) is 19.5 Å². The molecule has 0 spiro atoms. The molecule has 1 aromatic carbocycles. The van der Waals surface area contributed by atoms with Gasteiger partial charge in [-0.15, -0.1) is 0 Å². The highest BCUT2D eigenvalue weighted by molar-refractivity contribution is 9.10. The standard InChI is InChI=1S/C13H8BrCl2F3N2/c1-2-7-10(15)20-12(21-11(7)16)8-4-3-6(14)5-9(8)13(17,18)19/h3-5H,2H2,1H3. The van der Waals surface area contributed by atoms with Crippen molar-refractivity contribution in [2.24, 2.45) is 0 Å². The summed E-state index contributed by atoms with van der Waals surface area (Å²) in [6, 6.07) is 3.72. The van der Waals surface area contributed by atoms with Gasteiger partial charge in [0.1, 0.15) is 10.3 Å². The summed E-state index contributed by atoms with van der Waals surface area (Å²) >= 11 is 14.9. The van der Waals surface area contributed by atoms with Crippen LogP contribution in [0.1, 0.15) is 18.1 Å². The molecule has 0 amide bonds. The molecule has 112 valence electrons. The van der Waals surface area contributed by atoms with E-state index in [0.717, 1.165) is 6.07 Å². The Morgan fingerprint density at radius 3 is 2.19 bits per heavy atom. The Bertz CT molecular complexity index is 667. The first-order valence-electron chi connectivity index (χ1n) is 5.83. The van der Waals surface area contributed by atoms with E-state index in [1.165, 1.54) is 12.1 Å². The smallest absolute Gasteiger partial charge is 0.216 e. The summed E-state index contributed by atoms with van der Waals surface area (Å²) in [5.41, 5.74) is -0.516. The lowest BCUT2D eigenvalue weighted by Gasteiger charge is -2.13. The second-order valence-electron chi connectivity index (χ2n) is 4.15. The third-order valence-electron chi connectivity index (χ3n) is 2.79. The molecular weight excluding hydrogens is 392 g/mol. The molecule has 0 fully saturated rings. The number of aromatic nitrogens is 2. The zero-order chi connectivity index (χ0) is 15.8. The van der Waals surface area contributed by atoms with Gasteiger partial charge in [0.25, 0.3) is 0 Å². The summed E-state index contributed by atoms with van der Waals surface area (Å²) in [7, 11) is 0. The second-order valence-corrected chi connectivity index (χ2v) is 5.78. The number of rotatable bonds is 2. The van der Waals surface area contributed by atoms with Crippen LogP contribution in [0.25, 0.3) is 11.4 Å². The molecule has 0 bridgehead atoms. The van der Waals surface area contributed by atoms with Gasteiger partial charge < -0.3 is 0 Å². The van der Waals surface area contributed by atoms with Crippen molar-refractivity contribution in [2.75, 3.05) is 0 Å². The third-order valence-corrected chi connectivity index (χ3v) is 3.91. The Labute approximate surface area is 137 Å². The van der Waals surface area contributed by atoms with Gasteiger partial charge in [0.05, 0.1) is 5.56 Å². The molecule has 21 heavy (non-hydrogen) atoms. The van der Waals surface area contributed by atoms with Crippen molar-refractivity contribution in [1.82, 2.24) is 9.97 Å². The third kappa shape index (κ3) is 3.49. The number of benzene rings is 1. The van der Waals surface area contributed by atoms with Crippen molar-refractivity contribution in [3.05, 3.63) is 44.1 Å². The van der Waals surface area contributed by atoms with Crippen LogP contribution in [-0.2, 0) is 12.6 Å². The molecule has 0 aliphatic carbocycles. The predicted molar refractivity (Wildman–Crippen MR) is 79.6 cm³/mol. The van der Waals surface area contributed by atoms with Gasteiger partial charge in [0.2, 0.25) is 0 Å². The van der Waals surface area contributed by atoms with E-state index in [4.69, 9.17) is 23.2 Å². The van der Waals surface area contributed by atoms with Crippen LogP contribution in [0.15, 0.2) is 22.7 Å². The molecule has 2 rings (SSSR count). The first-order valence-corrected chi connectivity index (χ1v) is 7.38. The number of hydrogen-bond donors (Lipinski definition) is 0. The summed E-state index contributed by atoms with van der Waals surface area (Å²) < 4.78 is 39.7. The lowest BCUT2D eigenvalue weighted by Crippen LogP contribution is -2.09. The zero-order valence-corrected chi connectivity index (χ0v) is 13.7. The van der Waals surface area contributed by atoms with Crippen LogP contribution in [0.2, 0.25) is 10.3 Å². The van der Waals surface area contributed by atoms with Gasteiger partial charge in [-0.3, -0.25) is 0 Å². The van der Waals surface area contributed by atoms with Gasteiger partial charge in [-0.1, -0.05) is 46.1 Å². The van der Waals surface area contributed by atoms with E-state index >= 15 is 0 Å². The van der Waals surface area contributed by atoms with Gasteiger partial charge >= 0.3 is 6.18 Å². The van der Waals surface area contributed by atoms with Gasteiger partial charge in [-0.2, -0.15) is 13.2 Å². The Morgan fingerprint density at radius 2 is 1.71 bits per heavy atom. The predicted octanol–water partition coefficient (Wildman–Crippen LogP) is 5.79. The van der Waals surface area contributed by atoms with E-state index in [1.54, 1.807) is 6.92 Å². The van der Waals surface area contributed by atoms with Crippen molar-refractivity contribution in [1.29, 1.82) is 0 Å². The molecule has 8 heteroatoms. The Balaban J connectivity index is 2.68. The quantitative estimate of drug-likeness (QED) is 0.597. The molecule has 0 radical (unpaired) electrons. The molecule has 0 saturated carbocycles. The number of hydrogen-bond acceptors (Lipinski definition) is 2. The van der Waals surface area contributed by atoms with Crippen LogP contribution in [0.4, 0.5) is 13.2 Å². The summed E-state index contributed by atoms with van der Waals surface area (Å²) in [5, 5.41) is 0.118. The normalized spacial score (nSPS) is 11.8. The number of halogens is 6. The maximum absolute atomic E-state index is 13.1. The minimum Gasteiger partial charge on any atom is -0.216 e. The van der Waals surface area contributed by atoms with Crippen LogP contribution in [0.5, 0.6) is 0 Å². The fourth-order valence-corrected chi connectivity index (χ4v) is 2.81. The summed E-state index contributed by atoms with van der Waals surface area (Å²) in [4.78, 5) is 7.87. The van der Waals surface area contributed by atoms with Crippen LogP contribution < -0.4 is 0 Å². The van der Waals surface area contributed by atoms with E-state index in [-0.39, 0.29) is 21.7 Å². The average molecular weight is 400 g/mol. The molecule has 0 saturated heterocycles. The Kier molecular flexibility index (Phi) is 4.80. The van der Waals surface area contributed by atoms with Crippen molar-refractivity contribution >= 4 is 39.1 Å². The summed E-state index contributed by atoms with van der Waals surface area (Å²) in [6.07, 6.45) is -4.05. The minimum absolute atomic E-state index is 0.0588. The highest BCUT2D eigenvalue weighted by Crippen LogP contribution is 2.38. The largest absolute Gasteiger partial charge is 0.417 e. The lowest BCUT2D eigenvalue weighted by atomic mass is 10.1. The van der Waals surface area contributed by atoms with Gasteiger partial charge in [-0.25, -0.2) is 9.97 Å². The molecule has 0 N–H and O–H groups in total. The Hall–Kier alpha value is -0.850. The lowest BCUT2D eigenvalue weighted by molar-refractivity contribution is -0.137. The number of alkyl halides is 3. The van der Waals surface area contributed by atoms with E-state index in [2.05, 4.69) is 25.9 Å². The van der Waals surface area contributed by atoms with Crippen LogP contribution in [0.3, 0.4) is 0 Å². The van der Waals surface area contributed by atoms with E-state index < -0.39 is 11.7 Å². The first-order chi connectivity index (χ1) is 9.74. The van der Waals surface area contributed by atoms with Gasteiger partial charge in [-0.05, 0) is 24.6 Å². The SMILES string of the molecule is CCc1c(Cl)nc(-c2ccc(Br)cc2C(F)(F)F)nc1Cl. The maximum atomic E-state index is 13.1. The monoisotopic (exact) mass is 398 g/mol. The number of nitrogens with zero attached hydrogens (tertiary/aromatic N) is 2. The van der Waals surface area contributed by atoms with Crippen LogP contribution in [-0.4, -0.2) is 9.97 Å². The second kappa shape index (κ2) is 6.10. The van der Waals surface area contributed by atoms with Gasteiger partial charge in [0, 0.05) is 15.6 Å². The average Bonchev–Trinajstić information content (AvgIpc) is 2.37. The van der Waals surface area contributed by atoms with Gasteiger partial charge in [0.15, 0.2) is 5.82 Å². The van der Waals surface area contributed by atoms with Crippen molar-refractivity contribution in [3.8, 4) is 11.4 Å². The Morgan fingerprint density at radius 1 is 1.14 bits per heavy atom. The zero-order valence-electron chi connectivity index (χ0n) is 10.6.